The minimum atomic E-state index is -0.810. The van der Waals surface area contributed by atoms with Crippen molar-refractivity contribution >= 4 is 16.8 Å². The van der Waals surface area contributed by atoms with E-state index in [-0.39, 0.29) is 18.0 Å². The molecule has 0 unspecified atom stereocenters. The van der Waals surface area contributed by atoms with E-state index in [0.29, 0.717) is 33.8 Å². The summed E-state index contributed by atoms with van der Waals surface area (Å²) in [6.45, 7) is 5.55. The molecule has 4 aromatic rings. The van der Waals surface area contributed by atoms with Gasteiger partial charge in [0.05, 0.1) is 36.7 Å². The topological polar surface area (TPSA) is 100 Å². The fraction of sp³-hybridized carbons (Fsp3) is 0.280. The van der Waals surface area contributed by atoms with Crippen molar-refractivity contribution in [3.63, 3.8) is 0 Å². The third-order valence-electron chi connectivity index (χ3n) is 5.80. The van der Waals surface area contributed by atoms with E-state index in [1.807, 2.05) is 43.3 Å². The van der Waals surface area contributed by atoms with Gasteiger partial charge in [-0.15, -0.1) is 0 Å². The molecule has 9 heteroatoms. The van der Waals surface area contributed by atoms with E-state index < -0.39 is 6.04 Å². The van der Waals surface area contributed by atoms with E-state index in [9.17, 15) is 9.59 Å². The zero-order chi connectivity index (χ0) is 24.4. The highest BCUT2D eigenvalue weighted by atomic mass is 16.5. The number of aryl methyl sites for hydroxylation is 2. The monoisotopic (exact) mass is 461 g/mol. The van der Waals surface area contributed by atoms with Crippen LogP contribution in [0.5, 0.6) is 11.5 Å². The summed E-state index contributed by atoms with van der Waals surface area (Å²) in [4.78, 5) is 26.3. The van der Waals surface area contributed by atoms with Gasteiger partial charge in [0.2, 0.25) is 5.91 Å². The van der Waals surface area contributed by atoms with Crippen LogP contribution in [-0.4, -0.2) is 39.7 Å². The van der Waals surface area contributed by atoms with Gasteiger partial charge in [0.1, 0.15) is 11.6 Å². The van der Waals surface area contributed by atoms with E-state index >= 15 is 0 Å². The predicted octanol–water partition coefficient (Wildman–Crippen LogP) is 3.09. The van der Waals surface area contributed by atoms with Gasteiger partial charge in [-0.05, 0) is 50.6 Å². The second kappa shape index (κ2) is 9.38. The largest absolute Gasteiger partial charge is 0.493 e. The van der Waals surface area contributed by atoms with Crippen LogP contribution in [0.4, 0.5) is 0 Å². The predicted molar refractivity (Wildman–Crippen MR) is 129 cm³/mol. The Balaban J connectivity index is 1.62. The number of hydrogen-bond donors (Lipinski definition) is 1. The van der Waals surface area contributed by atoms with Crippen LogP contribution in [0.15, 0.2) is 53.3 Å². The molecule has 4 rings (SSSR count). The van der Waals surface area contributed by atoms with Gasteiger partial charge in [-0.2, -0.15) is 10.2 Å². The molecule has 0 radical (unpaired) electrons. The Morgan fingerprint density at radius 1 is 1.03 bits per heavy atom. The Labute approximate surface area is 196 Å². The number of methoxy groups -OCH3 is 2. The average Bonchev–Trinajstić information content (AvgIpc) is 3.22. The molecule has 0 saturated heterocycles. The maximum absolute atomic E-state index is 13.4. The number of para-hydroxylation sites is 1. The molecule has 0 aliphatic heterocycles. The third kappa shape index (κ3) is 4.12. The van der Waals surface area contributed by atoms with Crippen molar-refractivity contribution in [2.24, 2.45) is 0 Å². The maximum atomic E-state index is 13.4. The number of carbonyl (C=O) groups excluding carboxylic acids is 1. The molecule has 0 aliphatic rings. The van der Waals surface area contributed by atoms with Crippen molar-refractivity contribution in [3.05, 3.63) is 75.8 Å². The van der Waals surface area contributed by atoms with Crippen LogP contribution >= 0.6 is 0 Å². The highest BCUT2D eigenvalue weighted by molar-refractivity contribution is 5.84. The first-order valence-electron chi connectivity index (χ1n) is 10.9. The van der Waals surface area contributed by atoms with E-state index in [2.05, 4.69) is 15.5 Å². The van der Waals surface area contributed by atoms with Gasteiger partial charge in [0, 0.05) is 6.54 Å². The summed E-state index contributed by atoms with van der Waals surface area (Å²) in [5.74, 6) is 0.861. The van der Waals surface area contributed by atoms with E-state index in [4.69, 9.17) is 9.47 Å². The number of benzene rings is 2. The van der Waals surface area contributed by atoms with E-state index in [0.717, 1.165) is 11.3 Å². The first-order valence-corrected chi connectivity index (χ1v) is 10.9. The summed E-state index contributed by atoms with van der Waals surface area (Å²) in [5.41, 5.74) is 3.14. The molecule has 0 aliphatic carbocycles. The maximum Gasteiger partial charge on any atom is 0.278 e. The van der Waals surface area contributed by atoms with Gasteiger partial charge >= 0.3 is 0 Å². The van der Waals surface area contributed by atoms with Crippen molar-refractivity contribution in [1.29, 1.82) is 0 Å². The fourth-order valence-electron chi connectivity index (χ4n) is 3.90. The van der Waals surface area contributed by atoms with Crippen LogP contribution in [0, 0.1) is 13.8 Å². The van der Waals surface area contributed by atoms with Crippen molar-refractivity contribution in [2.75, 3.05) is 14.2 Å². The number of ether oxygens (including phenoxy) is 2. The van der Waals surface area contributed by atoms with Gasteiger partial charge in [0.15, 0.2) is 11.5 Å². The van der Waals surface area contributed by atoms with Crippen LogP contribution < -0.4 is 20.3 Å². The summed E-state index contributed by atoms with van der Waals surface area (Å²) in [6.07, 6.45) is 0. The van der Waals surface area contributed by atoms with Crippen molar-refractivity contribution in [1.82, 2.24) is 24.9 Å². The molecule has 2 aromatic carbocycles. The Morgan fingerprint density at radius 2 is 1.74 bits per heavy atom. The number of hydrogen-bond acceptors (Lipinski definition) is 6. The summed E-state index contributed by atoms with van der Waals surface area (Å²) in [7, 11) is 3.12. The normalized spacial score (nSPS) is 11.9. The lowest BCUT2D eigenvalue weighted by Gasteiger charge is -2.15. The van der Waals surface area contributed by atoms with Crippen molar-refractivity contribution in [3.8, 4) is 17.2 Å². The molecule has 176 valence electrons. The molecule has 1 N–H and O–H groups in total. The standard InChI is InChI=1S/C25H27N5O4/c1-15-23-22(16(2)29(28-23)19-9-7-6-8-10-19)25(32)30(27-15)17(3)24(31)26-14-18-11-12-20(33-4)21(13-18)34-5/h6-13,17H,14H2,1-5H3,(H,26,31)/t17-/m1/s1. The summed E-state index contributed by atoms with van der Waals surface area (Å²) < 4.78 is 13.5. The van der Waals surface area contributed by atoms with E-state index in [1.54, 1.807) is 44.9 Å². The smallest absolute Gasteiger partial charge is 0.278 e. The first-order chi connectivity index (χ1) is 16.3. The molecular weight excluding hydrogens is 434 g/mol. The zero-order valence-corrected chi connectivity index (χ0v) is 19.8. The highest BCUT2D eigenvalue weighted by Crippen LogP contribution is 2.27. The molecule has 2 aromatic heterocycles. The molecule has 0 fully saturated rings. The van der Waals surface area contributed by atoms with Crippen LogP contribution in [0.3, 0.4) is 0 Å². The molecule has 9 nitrogen and oxygen atoms in total. The SMILES string of the molecule is COc1ccc(CNC(=O)[C@@H](C)n2nc(C)c3nn(-c4ccccc4)c(C)c3c2=O)cc1OC. The van der Waals surface area contributed by atoms with Gasteiger partial charge in [-0.3, -0.25) is 9.59 Å². The quantitative estimate of drug-likeness (QED) is 0.454. The van der Waals surface area contributed by atoms with E-state index in [1.165, 1.54) is 4.68 Å². The number of aromatic nitrogens is 4. The summed E-state index contributed by atoms with van der Waals surface area (Å²) >= 11 is 0. The van der Waals surface area contributed by atoms with Crippen LogP contribution in [0.2, 0.25) is 0 Å². The van der Waals surface area contributed by atoms with Gasteiger partial charge < -0.3 is 14.8 Å². The van der Waals surface area contributed by atoms with Gasteiger partial charge in [-0.25, -0.2) is 9.36 Å². The molecule has 34 heavy (non-hydrogen) atoms. The van der Waals surface area contributed by atoms with Crippen molar-refractivity contribution in [2.45, 2.75) is 33.4 Å². The number of rotatable bonds is 7. The van der Waals surface area contributed by atoms with Crippen molar-refractivity contribution < 1.29 is 14.3 Å². The Morgan fingerprint density at radius 3 is 2.41 bits per heavy atom. The minimum Gasteiger partial charge on any atom is -0.493 e. The summed E-state index contributed by atoms with van der Waals surface area (Å²) in [6, 6.07) is 14.2. The highest BCUT2D eigenvalue weighted by Gasteiger charge is 2.23. The molecule has 0 spiro atoms. The second-order valence-electron chi connectivity index (χ2n) is 7.97. The Hall–Kier alpha value is -4.14. The fourth-order valence-corrected chi connectivity index (χ4v) is 3.90. The molecule has 2 heterocycles. The second-order valence-corrected chi connectivity index (χ2v) is 7.97. The summed E-state index contributed by atoms with van der Waals surface area (Å²) in [5, 5.41) is 12.3. The van der Waals surface area contributed by atoms with Gasteiger partial charge in [-0.1, -0.05) is 24.3 Å². The zero-order valence-electron chi connectivity index (χ0n) is 19.8. The molecule has 0 bridgehead atoms. The lowest BCUT2D eigenvalue weighted by Crippen LogP contribution is -2.37. The number of nitrogens with one attached hydrogen (secondary N) is 1. The van der Waals surface area contributed by atoms with Crippen LogP contribution in [0.1, 0.15) is 29.9 Å². The van der Waals surface area contributed by atoms with Gasteiger partial charge in [0.25, 0.3) is 5.56 Å². The third-order valence-corrected chi connectivity index (χ3v) is 5.80. The first kappa shape index (κ1) is 23.0. The lowest BCUT2D eigenvalue weighted by atomic mass is 10.2. The Bertz CT molecular complexity index is 1410. The number of nitrogens with zero attached hydrogens (tertiary/aromatic N) is 4. The average molecular weight is 462 g/mol. The van der Waals surface area contributed by atoms with Crippen LogP contribution in [0.25, 0.3) is 16.6 Å². The minimum absolute atomic E-state index is 0.268. The Kier molecular flexibility index (Phi) is 6.36. The molecular formula is C25H27N5O4. The molecule has 1 atom stereocenters. The van der Waals surface area contributed by atoms with Crippen LogP contribution in [-0.2, 0) is 11.3 Å². The number of amides is 1. The molecule has 0 saturated carbocycles. The number of fused-ring (bicyclic) bond motifs is 1. The number of carbonyl (C=O) groups is 1. The lowest BCUT2D eigenvalue weighted by molar-refractivity contribution is -0.124. The molecule has 1 amide bonds.